The number of pyridine rings is 1. The number of methoxy groups -OCH3 is 1. The van der Waals surface area contributed by atoms with Crippen LogP contribution >= 0.6 is 11.3 Å². The van der Waals surface area contributed by atoms with Gasteiger partial charge in [-0.2, -0.15) is 0 Å². The average molecular weight is 314 g/mol. The second-order valence-electron chi connectivity index (χ2n) is 4.41. The molecule has 110 valence electrons. The molecule has 0 fully saturated rings. The molecule has 2 heterocycles. The van der Waals surface area contributed by atoms with E-state index in [1.54, 1.807) is 36.5 Å². The monoisotopic (exact) mass is 314 g/mol. The number of rotatable bonds is 4. The quantitative estimate of drug-likeness (QED) is 0.691. The van der Waals surface area contributed by atoms with Crippen LogP contribution in [0.4, 0.5) is 4.39 Å². The van der Waals surface area contributed by atoms with E-state index >= 15 is 0 Å². The van der Waals surface area contributed by atoms with E-state index in [9.17, 15) is 9.18 Å². The van der Waals surface area contributed by atoms with E-state index < -0.39 is 0 Å². The van der Waals surface area contributed by atoms with Gasteiger partial charge in [0, 0.05) is 11.8 Å². The second-order valence-corrected chi connectivity index (χ2v) is 5.41. The van der Waals surface area contributed by atoms with Crippen LogP contribution < -0.4 is 4.74 Å². The highest BCUT2D eigenvalue weighted by Crippen LogP contribution is 2.33. The van der Waals surface area contributed by atoms with Gasteiger partial charge in [0.2, 0.25) is 11.7 Å². The molecule has 0 radical (unpaired) electrons. The highest BCUT2D eigenvalue weighted by molar-refractivity contribution is 7.17. The fourth-order valence-corrected chi connectivity index (χ4v) is 2.93. The van der Waals surface area contributed by atoms with Crippen molar-refractivity contribution < 1.29 is 13.9 Å². The lowest BCUT2D eigenvalue weighted by Crippen LogP contribution is -2.03. The van der Waals surface area contributed by atoms with Crippen molar-refractivity contribution in [2.24, 2.45) is 0 Å². The lowest BCUT2D eigenvalue weighted by Gasteiger charge is -1.98. The summed E-state index contributed by atoms with van der Waals surface area (Å²) in [6.07, 6.45) is 1.55. The zero-order valence-electron chi connectivity index (χ0n) is 11.6. The third-order valence-electron chi connectivity index (χ3n) is 2.96. The SMILES string of the molecule is COc1nc(-c2cccc(F)c2)sc1C(=O)c1ccccn1. The normalized spacial score (nSPS) is 10.5. The predicted molar refractivity (Wildman–Crippen MR) is 81.7 cm³/mol. The molecule has 0 unspecified atom stereocenters. The molecule has 0 saturated carbocycles. The fourth-order valence-electron chi connectivity index (χ4n) is 1.95. The van der Waals surface area contributed by atoms with Crippen LogP contribution in [0, 0.1) is 5.82 Å². The van der Waals surface area contributed by atoms with Crippen LogP contribution in [0.15, 0.2) is 48.7 Å². The summed E-state index contributed by atoms with van der Waals surface area (Å²) >= 11 is 1.16. The minimum absolute atomic E-state index is 0.222. The Morgan fingerprint density at radius 1 is 1.23 bits per heavy atom. The van der Waals surface area contributed by atoms with E-state index in [-0.39, 0.29) is 17.5 Å². The first-order chi connectivity index (χ1) is 10.7. The number of carbonyl (C=O) groups excluding carboxylic acids is 1. The first kappa shape index (κ1) is 14.3. The first-order valence-corrected chi connectivity index (χ1v) is 7.27. The molecular weight excluding hydrogens is 303 g/mol. The lowest BCUT2D eigenvalue weighted by molar-refractivity contribution is 0.103. The van der Waals surface area contributed by atoms with E-state index in [0.29, 0.717) is 21.1 Å². The smallest absolute Gasteiger partial charge is 0.236 e. The van der Waals surface area contributed by atoms with Crippen molar-refractivity contribution >= 4 is 17.1 Å². The van der Waals surface area contributed by atoms with Gasteiger partial charge in [0.05, 0.1) is 7.11 Å². The summed E-state index contributed by atoms with van der Waals surface area (Å²) in [5.74, 6) is -0.401. The molecule has 1 aromatic carbocycles. The largest absolute Gasteiger partial charge is 0.480 e. The van der Waals surface area contributed by atoms with Crippen LogP contribution in [0.3, 0.4) is 0 Å². The van der Waals surface area contributed by atoms with Gasteiger partial charge >= 0.3 is 0 Å². The molecule has 0 spiro atoms. The van der Waals surface area contributed by atoms with Gasteiger partial charge in [-0.25, -0.2) is 9.37 Å². The molecule has 2 aromatic heterocycles. The number of carbonyl (C=O) groups is 1. The van der Waals surface area contributed by atoms with Crippen molar-refractivity contribution in [3.8, 4) is 16.5 Å². The molecule has 6 heteroatoms. The lowest BCUT2D eigenvalue weighted by atomic mass is 10.2. The van der Waals surface area contributed by atoms with Crippen LogP contribution in [0.5, 0.6) is 5.88 Å². The molecule has 0 bridgehead atoms. The van der Waals surface area contributed by atoms with Gasteiger partial charge in [0.15, 0.2) is 0 Å². The van der Waals surface area contributed by atoms with Crippen molar-refractivity contribution in [1.82, 2.24) is 9.97 Å². The van der Waals surface area contributed by atoms with E-state index in [1.807, 2.05) is 0 Å². The Labute approximate surface area is 130 Å². The number of benzene rings is 1. The van der Waals surface area contributed by atoms with Crippen molar-refractivity contribution in [1.29, 1.82) is 0 Å². The van der Waals surface area contributed by atoms with Gasteiger partial charge in [-0.15, -0.1) is 11.3 Å². The van der Waals surface area contributed by atoms with Crippen LogP contribution in [0.2, 0.25) is 0 Å². The molecule has 0 aliphatic carbocycles. The zero-order chi connectivity index (χ0) is 15.5. The van der Waals surface area contributed by atoms with Crippen molar-refractivity contribution in [2.75, 3.05) is 7.11 Å². The molecule has 3 rings (SSSR count). The Bertz CT molecular complexity index is 818. The van der Waals surface area contributed by atoms with Crippen LogP contribution in [-0.2, 0) is 0 Å². The third-order valence-corrected chi connectivity index (χ3v) is 4.05. The number of ketones is 1. The number of thiazole rings is 1. The predicted octanol–water partition coefficient (Wildman–Crippen LogP) is 3.58. The van der Waals surface area contributed by atoms with Crippen molar-refractivity contribution in [3.63, 3.8) is 0 Å². The highest BCUT2D eigenvalue weighted by Gasteiger charge is 2.22. The highest BCUT2D eigenvalue weighted by atomic mass is 32.1. The molecule has 0 N–H and O–H groups in total. The molecule has 0 amide bonds. The second kappa shape index (κ2) is 6.03. The van der Waals surface area contributed by atoms with E-state index in [2.05, 4.69) is 9.97 Å². The van der Waals surface area contributed by atoms with Gasteiger partial charge in [0.1, 0.15) is 21.4 Å². The van der Waals surface area contributed by atoms with Gasteiger partial charge < -0.3 is 4.74 Å². The number of hydrogen-bond acceptors (Lipinski definition) is 5. The van der Waals surface area contributed by atoms with Crippen LogP contribution in [-0.4, -0.2) is 22.9 Å². The van der Waals surface area contributed by atoms with Crippen molar-refractivity contribution in [2.45, 2.75) is 0 Å². The number of nitrogens with zero attached hydrogens (tertiary/aromatic N) is 2. The summed E-state index contributed by atoms with van der Waals surface area (Å²) < 4.78 is 18.5. The first-order valence-electron chi connectivity index (χ1n) is 6.45. The number of halogens is 1. The Morgan fingerprint density at radius 3 is 2.77 bits per heavy atom. The maximum Gasteiger partial charge on any atom is 0.236 e. The molecule has 0 aliphatic rings. The zero-order valence-corrected chi connectivity index (χ0v) is 12.4. The van der Waals surface area contributed by atoms with Gasteiger partial charge in [-0.3, -0.25) is 9.78 Å². The fraction of sp³-hybridized carbons (Fsp3) is 0.0625. The maximum atomic E-state index is 13.3. The third kappa shape index (κ3) is 2.73. The topological polar surface area (TPSA) is 52.1 Å². The summed E-state index contributed by atoms with van der Waals surface area (Å²) in [6.45, 7) is 0. The molecule has 0 aliphatic heterocycles. The average Bonchev–Trinajstić information content (AvgIpc) is 2.99. The Morgan fingerprint density at radius 2 is 2.09 bits per heavy atom. The minimum atomic E-state index is -0.357. The number of aromatic nitrogens is 2. The van der Waals surface area contributed by atoms with Gasteiger partial charge in [-0.1, -0.05) is 18.2 Å². The summed E-state index contributed by atoms with van der Waals surface area (Å²) in [7, 11) is 1.44. The Kier molecular flexibility index (Phi) is 3.93. The summed E-state index contributed by atoms with van der Waals surface area (Å²) in [4.78, 5) is 21.1. The summed E-state index contributed by atoms with van der Waals surface area (Å²) in [5.41, 5.74) is 0.915. The van der Waals surface area contributed by atoms with E-state index in [1.165, 1.54) is 19.2 Å². The Balaban J connectivity index is 2.04. The summed E-state index contributed by atoms with van der Waals surface area (Å²) in [5, 5.41) is 0.524. The van der Waals surface area contributed by atoms with Crippen LogP contribution in [0.1, 0.15) is 15.4 Å². The van der Waals surface area contributed by atoms with E-state index in [4.69, 9.17) is 4.74 Å². The molecule has 0 saturated heterocycles. The standard InChI is InChI=1S/C16H11FN2O2S/c1-21-15-14(13(20)12-7-2-3-8-18-12)22-16(19-15)10-5-4-6-11(17)9-10/h2-9H,1H3. The molecule has 0 atom stereocenters. The number of ether oxygens (including phenoxy) is 1. The van der Waals surface area contributed by atoms with Gasteiger partial charge in [0.25, 0.3) is 0 Å². The summed E-state index contributed by atoms with van der Waals surface area (Å²) in [6, 6.07) is 11.2. The van der Waals surface area contributed by atoms with Crippen LogP contribution in [0.25, 0.3) is 10.6 Å². The van der Waals surface area contributed by atoms with Gasteiger partial charge in [-0.05, 0) is 24.3 Å². The molecular formula is C16H11FN2O2S. The van der Waals surface area contributed by atoms with E-state index in [0.717, 1.165) is 11.3 Å². The number of hydrogen-bond donors (Lipinski definition) is 0. The molecule has 3 aromatic rings. The molecule has 4 nitrogen and oxygen atoms in total. The molecule has 22 heavy (non-hydrogen) atoms. The Hall–Kier alpha value is -2.60. The van der Waals surface area contributed by atoms with Crippen molar-refractivity contribution in [3.05, 3.63) is 65.0 Å². The minimum Gasteiger partial charge on any atom is -0.480 e. The maximum absolute atomic E-state index is 13.3.